The highest BCUT2D eigenvalue weighted by Crippen LogP contribution is 2.33. The summed E-state index contributed by atoms with van der Waals surface area (Å²) in [4.78, 5) is 4.16. The van der Waals surface area contributed by atoms with Crippen molar-refractivity contribution in [2.45, 2.75) is 25.5 Å². The second kappa shape index (κ2) is 7.85. The fourth-order valence-electron chi connectivity index (χ4n) is 3.71. The van der Waals surface area contributed by atoms with Crippen LogP contribution in [0.1, 0.15) is 30.1 Å². The van der Waals surface area contributed by atoms with Crippen LogP contribution in [0.2, 0.25) is 0 Å². The Balaban J connectivity index is 1.41. The van der Waals surface area contributed by atoms with E-state index in [9.17, 15) is 0 Å². The van der Waals surface area contributed by atoms with E-state index in [4.69, 9.17) is 4.74 Å². The van der Waals surface area contributed by atoms with E-state index in [1.165, 1.54) is 23.2 Å². The van der Waals surface area contributed by atoms with Gasteiger partial charge in [0, 0.05) is 56.8 Å². The number of imidazole rings is 1. The zero-order valence-electron chi connectivity index (χ0n) is 15.1. The van der Waals surface area contributed by atoms with E-state index in [0.717, 1.165) is 26.1 Å². The maximum Gasteiger partial charge on any atom is 0.0991 e. The molecule has 6 nitrogen and oxygen atoms in total. The van der Waals surface area contributed by atoms with E-state index in [0.29, 0.717) is 5.92 Å². The number of aryl methyl sites for hydroxylation is 1. The van der Waals surface area contributed by atoms with Gasteiger partial charge in [-0.1, -0.05) is 18.2 Å². The van der Waals surface area contributed by atoms with Gasteiger partial charge in [-0.15, -0.1) is 0 Å². The summed E-state index contributed by atoms with van der Waals surface area (Å²) in [5.74, 6) is 0.466. The fraction of sp³-hybridized carbons (Fsp3) is 0.400. The van der Waals surface area contributed by atoms with Gasteiger partial charge in [0.1, 0.15) is 0 Å². The van der Waals surface area contributed by atoms with E-state index >= 15 is 0 Å². The van der Waals surface area contributed by atoms with E-state index in [1.807, 2.05) is 36.6 Å². The van der Waals surface area contributed by atoms with Gasteiger partial charge < -0.3 is 14.6 Å². The minimum Gasteiger partial charge on any atom is -0.373 e. The molecular weight excluding hydrogens is 326 g/mol. The highest BCUT2D eigenvalue weighted by molar-refractivity contribution is 5.40. The lowest BCUT2D eigenvalue weighted by Crippen LogP contribution is -2.31. The largest absolute Gasteiger partial charge is 0.373 e. The van der Waals surface area contributed by atoms with Gasteiger partial charge in [-0.05, 0) is 24.5 Å². The molecule has 3 aromatic rings. The van der Waals surface area contributed by atoms with Crippen LogP contribution < -0.4 is 5.32 Å². The molecule has 0 aliphatic carbocycles. The van der Waals surface area contributed by atoms with Crippen LogP contribution in [-0.2, 0) is 18.3 Å². The Kier molecular flexibility index (Phi) is 5.13. The number of benzene rings is 1. The molecular formula is C20H25N5O. The molecule has 1 N–H and O–H groups in total. The normalized spacial score (nSPS) is 20.3. The number of hydrogen-bond acceptors (Lipinski definition) is 4. The van der Waals surface area contributed by atoms with Gasteiger partial charge in [0.2, 0.25) is 0 Å². The van der Waals surface area contributed by atoms with Crippen LogP contribution in [0.4, 0.5) is 0 Å². The van der Waals surface area contributed by atoms with Crippen LogP contribution in [0.5, 0.6) is 0 Å². The molecule has 1 saturated heterocycles. The summed E-state index contributed by atoms with van der Waals surface area (Å²) in [6.07, 6.45) is 12.0. The van der Waals surface area contributed by atoms with Crippen molar-refractivity contribution < 1.29 is 4.74 Å². The molecule has 0 bridgehead atoms. The number of aromatic nitrogens is 4. The molecule has 136 valence electrons. The standard InChI is InChI=1S/C20H25N5O/c1-24-14-18(13-23-24)20-17(6-4-10-26-20)12-22-11-16-5-2-3-7-19(16)25-9-8-21-15-25/h2-3,5,7-9,13-15,17,20,22H,4,6,10-12H2,1H3/t17-,20+/m0/s1. The van der Waals surface area contributed by atoms with Crippen LogP contribution in [0, 0.1) is 5.92 Å². The number of hydrogen-bond donors (Lipinski definition) is 1. The minimum atomic E-state index is 0.133. The lowest BCUT2D eigenvalue weighted by molar-refractivity contribution is -0.0279. The van der Waals surface area contributed by atoms with Crippen molar-refractivity contribution in [3.8, 4) is 5.69 Å². The molecule has 2 aromatic heterocycles. The number of ether oxygens (including phenoxy) is 1. The highest BCUT2D eigenvalue weighted by atomic mass is 16.5. The molecule has 2 atom stereocenters. The van der Waals surface area contributed by atoms with Crippen molar-refractivity contribution >= 4 is 0 Å². The first kappa shape index (κ1) is 17.0. The highest BCUT2D eigenvalue weighted by Gasteiger charge is 2.28. The van der Waals surface area contributed by atoms with Crippen LogP contribution in [0.25, 0.3) is 5.69 Å². The monoisotopic (exact) mass is 351 g/mol. The Morgan fingerprint density at radius 1 is 1.31 bits per heavy atom. The molecule has 0 amide bonds. The Hall–Kier alpha value is -2.44. The smallest absolute Gasteiger partial charge is 0.0991 e. The molecule has 1 aliphatic rings. The lowest BCUT2D eigenvalue weighted by Gasteiger charge is -2.31. The number of nitrogens with zero attached hydrogens (tertiary/aromatic N) is 4. The molecule has 26 heavy (non-hydrogen) atoms. The Morgan fingerprint density at radius 3 is 3.04 bits per heavy atom. The molecule has 6 heteroatoms. The predicted octanol–water partition coefficient (Wildman–Crippen LogP) is 2.86. The Labute approximate surface area is 153 Å². The first-order chi connectivity index (χ1) is 12.8. The first-order valence-electron chi connectivity index (χ1n) is 9.18. The third kappa shape index (κ3) is 3.71. The van der Waals surface area contributed by atoms with Gasteiger partial charge in [-0.2, -0.15) is 5.10 Å². The van der Waals surface area contributed by atoms with Crippen molar-refractivity contribution in [1.29, 1.82) is 0 Å². The maximum atomic E-state index is 6.07. The van der Waals surface area contributed by atoms with Crippen LogP contribution in [0.15, 0.2) is 55.4 Å². The zero-order valence-corrected chi connectivity index (χ0v) is 15.1. The number of para-hydroxylation sites is 1. The molecule has 0 saturated carbocycles. The molecule has 0 spiro atoms. The van der Waals surface area contributed by atoms with Crippen molar-refractivity contribution in [2.24, 2.45) is 13.0 Å². The Bertz CT molecular complexity index is 826. The van der Waals surface area contributed by atoms with Gasteiger partial charge in [-0.3, -0.25) is 4.68 Å². The van der Waals surface area contributed by atoms with Crippen molar-refractivity contribution in [2.75, 3.05) is 13.2 Å². The summed E-state index contributed by atoms with van der Waals surface area (Å²) >= 11 is 0. The zero-order chi connectivity index (χ0) is 17.8. The van der Waals surface area contributed by atoms with Gasteiger partial charge in [0.05, 0.1) is 24.3 Å². The third-order valence-corrected chi connectivity index (χ3v) is 4.99. The van der Waals surface area contributed by atoms with Crippen molar-refractivity contribution in [3.63, 3.8) is 0 Å². The average Bonchev–Trinajstić information content (AvgIpc) is 3.34. The maximum absolute atomic E-state index is 6.07. The lowest BCUT2D eigenvalue weighted by atomic mass is 9.91. The summed E-state index contributed by atoms with van der Waals surface area (Å²) in [6.45, 7) is 2.59. The van der Waals surface area contributed by atoms with Crippen LogP contribution >= 0.6 is 0 Å². The van der Waals surface area contributed by atoms with Crippen molar-refractivity contribution in [3.05, 3.63) is 66.5 Å². The molecule has 1 aromatic carbocycles. The van der Waals surface area contributed by atoms with E-state index in [1.54, 1.807) is 0 Å². The average molecular weight is 351 g/mol. The minimum absolute atomic E-state index is 0.133. The van der Waals surface area contributed by atoms with Gasteiger partial charge in [0.25, 0.3) is 0 Å². The number of nitrogens with one attached hydrogen (secondary N) is 1. The summed E-state index contributed by atoms with van der Waals surface area (Å²) < 4.78 is 9.97. The SMILES string of the molecule is Cn1cc([C@@H]2OCCC[C@H]2CNCc2ccccc2-n2ccnc2)cn1. The summed E-state index contributed by atoms with van der Waals surface area (Å²) in [5.41, 5.74) is 3.61. The number of rotatable bonds is 6. The fourth-order valence-corrected chi connectivity index (χ4v) is 3.71. The Morgan fingerprint density at radius 2 is 2.23 bits per heavy atom. The molecule has 4 rings (SSSR count). The molecule has 0 unspecified atom stereocenters. The molecule has 1 aliphatic heterocycles. The van der Waals surface area contributed by atoms with Gasteiger partial charge in [-0.25, -0.2) is 4.98 Å². The molecule has 0 radical (unpaired) electrons. The van der Waals surface area contributed by atoms with Crippen LogP contribution in [-0.4, -0.2) is 32.5 Å². The van der Waals surface area contributed by atoms with Crippen LogP contribution in [0.3, 0.4) is 0 Å². The van der Waals surface area contributed by atoms with Crippen molar-refractivity contribution in [1.82, 2.24) is 24.6 Å². The first-order valence-corrected chi connectivity index (χ1v) is 9.18. The van der Waals surface area contributed by atoms with E-state index < -0.39 is 0 Å². The summed E-state index contributed by atoms with van der Waals surface area (Å²) in [6, 6.07) is 8.44. The molecule has 3 heterocycles. The van der Waals surface area contributed by atoms with E-state index in [-0.39, 0.29) is 6.10 Å². The topological polar surface area (TPSA) is 56.9 Å². The summed E-state index contributed by atoms with van der Waals surface area (Å²) in [5, 5.41) is 7.94. The second-order valence-electron chi connectivity index (χ2n) is 6.87. The second-order valence-corrected chi connectivity index (χ2v) is 6.87. The van der Waals surface area contributed by atoms with Gasteiger partial charge >= 0.3 is 0 Å². The predicted molar refractivity (Wildman–Crippen MR) is 99.9 cm³/mol. The van der Waals surface area contributed by atoms with Gasteiger partial charge in [0.15, 0.2) is 0 Å². The van der Waals surface area contributed by atoms with E-state index in [2.05, 4.69) is 50.4 Å². The molecule has 1 fully saturated rings. The third-order valence-electron chi connectivity index (χ3n) is 4.99. The quantitative estimate of drug-likeness (QED) is 0.742. The summed E-state index contributed by atoms with van der Waals surface area (Å²) in [7, 11) is 1.95.